The smallest absolute Gasteiger partial charge is 0.123 e. The molecule has 0 saturated carbocycles. The Morgan fingerprint density at radius 3 is 2.95 bits per heavy atom. The van der Waals surface area contributed by atoms with Gasteiger partial charge in [-0.15, -0.1) is 0 Å². The van der Waals surface area contributed by atoms with Gasteiger partial charge in [-0.3, -0.25) is 5.10 Å². The Bertz CT molecular complexity index is 547. The molecule has 1 unspecified atom stereocenters. The van der Waals surface area contributed by atoms with E-state index in [4.69, 9.17) is 4.74 Å². The maximum Gasteiger partial charge on any atom is 0.123 e. The monoisotopic (exact) mass is 275 g/mol. The van der Waals surface area contributed by atoms with Gasteiger partial charge in [-0.05, 0) is 37.1 Å². The Kier molecular flexibility index (Phi) is 4.08. The highest BCUT2D eigenvalue weighted by Gasteiger charge is 2.15. The second-order valence-electron chi connectivity index (χ2n) is 5.04. The van der Waals surface area contributed by atoms with E-state index in [2.05, 4.69) is 15.5 Å². The van der Waals surface area contributed by atoms with E-state index in [1.54, 1.807) is 18.3 Å². The zero-order valence-electron chi connectivity index (χ0n) is 11.2. The number of rotatable bonds is 5. The lowest BCUT2D eigenvalue weighted by atomic mass is 10.1. The second kappa shape index (κ2) is 6.15. The minimum atomic E-state index is -0.230. The molecule has 20 heavy (non-hydrogen) atoms. The molecule has 2 heterocycles. The molecule has 0 amide bonds. The quantitative estimate of drug-likeness (QED) is 0.881. The zero-order valence-corrected chi connectivity index (χ0v) is 11.2. The van der Waals surface area contributed by atoms with Crippen LogP contribution in [0.3, 0.4) is 0 Å². The van der Waals surface area contributed by atoms with Crippen molar-refractivity contribution < 1.29 is 9.13 Å². The summed E-state index contributed by atoms with van der Waals surface area (Å²) in [7, 11) is 0. The maximum absolute atomic E-state index is 13.0. The summed E-state index contributed by atoms with van der Waals surface area (Å²) in [6.07, 6.45) is 4.42. The molecule has 2 N–H and O–H groups in total. The first-order valence-corrected chi connectivity index (χ1v) is 6.93. The van der Waals surface area contributed by atoms with Crippen molar-refractivity contribution in [2.45, 2.75) is 25.5 Å². The van der Waals surface area contributed by atoms with Crippen LogP contribution in [0.1, 0.15) is 18.4 Å². The van der Waals surface area contributed by atoms with Crippen LogP contribution in [0.15, 0.2) is 30.5 Å². The number of halogens is 1. The van der Waals surface area contributed by atoms with E-state index in [9.17, 15) is 4.39 Å². The summed E-state index contributed by atoms with van der Waals surface area (Å²) in [6, 6.07) is 6.43. The topological polar surface area (TPSA) is 49.9 Å². The number of hydrogen-bond donors (Lipinski definition) is 2. The maximum atomic E-state index is 13.0. The summed E-state index contributed by atoms with van der Waals surface area (Å²) in [5.41, 5.74) is 2.96. The van der Waals surface area contributed by atoms with Crippen molar-refractivity contribution in [2.24, 2.45) is 0 Å². The molecule has 1 aromatic carbocycles. The van der Waals surface area contributed by atoms with Crippen LogP contribution in [0.2, 0.25) is 0 Å². The summed E-state index contributed by atoms with van der Waals surface area (Å²) in [5.74, 6) is -0.230. The largest absolute Gasteiger partial charge is 0.377 e. The highest BCUT2D eigenvalue weighted by Crippen LogP contribution is 2.21. The summed E-state index contributed by atoms with van der Waals surface area (Å²) in [4.78, 5) is 0. The van der Waals surface area contributed by atoms with E-state index < -0.39 is 0 Å². The molecule has 1 aliphatic rings. The Labute approximate surface area is 117 Å². The van der Waals surface area contributed by atoms with Gasteiger partial charge in [0.2, 0.25) is 0 Å². The molecule has 5 heteroatoms. The van der Waals surface area contributed by atoms with Crippen molar-refractivity contribution in [2.75, 3.05) is 13.2 Å². The number of hydrogen-bond acceptors (Lipinski definition) is 3. The van der Waals surface area contributed by atoms with Gasteiger partial charge < -0.3 is 10.1 Å². The molecule has 0 radical (unpaired) electrons. The van der Waals surface area contributed by atoms with Gasteiger partial charge in [-0.25, -0.2) is 4.39 Å². The van der Waals surface area contributed by atoms with Crippen molar-refractivity contribution in [3.63, 3.8) is 0 Å². The molecule has 1 aromatic heterocycles. The van der Waals surface area contributed by atoms with Crippen LogP contribution < -0.4 is 5.32 Å². The van der Waals surface area contributed by atoms with Gasteiger partial charge in [0.05, 0.1) is 18.0 Å². The van der Waals surface area contributed by atoms with Gasteiger partial charge in [0.15, 0.2) is 0 Å². The summed E-state index contributed by atoms with van der Waals surface area (Å²) in [5, 5.41) is 10.4. The van der Waals surface area contributed by atoms with Crippen molar-refractivity contribution >= 4 is 0 Å². The van der Waals surface area contributed by atoms with Crippen LogP contribution >= 0.6 is 0 Å². The zero-order chi connectivity index (χ0) is 13.8. The predicted octanol–water partition coefficient (Wildman–Crippen LogP) is 2.48. The standard InChI is InChI=1S/C15H18FN3O/c16-13-5-3-11(4-6-13)15-12(9-18-19-15)8-17-10-14-2-1-7-20-14/h3-6,9,14,17H,1-2,7-8,10H2,(H,18,19). The lowest BCUT2D eigenvalue weighted by molar-refractivity contribution is 0.110. The summed E-state index contributed by atoms with van der Waals surface area (Å²) in [6.45, 7) is 2.45. The predicted molar refractivity (Wildman–Crippen MR) is 74.7 cm³/mol. The minimum Gasteiger partial charge on any atom is -0.377 e. The van der Waals surface area contributed by atoms with Gasteiger partial charge in [-0.2, -0.15) is 5.10 Å². The van der Waals surface area contributed by atoms with Crippen LogP contribution in [0.5, 0.6) is 0 Å². The third kappa shape index (κ3) is 3.05. The molecule has 3 rings (SSSR count). The average molecular weight is 275 g/mol. The Morgan fingerprint density at radius 1 is 1.35 bits per heavy atom. The first-order valence-electron chi connectivity index (χ1n) is 6.93. The molecule has 106 valence electrons. The number of ether oxygens (including phenoxy) is 1. The van der Waals surface area contributed by atoms with Crippen molar-refractivity contribution in [3.05, 3.63) is 41.8 Å². The molecule has 1 aliphatic heterocycles. The first-order chi connectivity index (χ1) is 9.83. The van der Waals surface area contributed by atoms with E-state index in [1.807, 2.05) is 0 Å². The fraction of sp³-hybridized carbons (Fsp3) is 0.400. The highest BCUT2D eigenvalue weighted by molar-refractivity contribution is 5.62. The number of aromatic nitrogens is 2. The summed E-state index contributed by atoms with van der Waals surface area (Å²) < 4.78 is 18.5. The van der Waals surface area contributed by atoms with E-state index >= 15 is 0 Å². The van der Waals surface area contributed by atoms with E-state index in [0.29, 0.717) is 6.10 Å². The van der Waals surface area contributed by atoms with E-state index in [-0.39, 0.29) is 5.82 Å². The van der Waals surface area contributed by atoms with E-state index in [1.165, 1.54) is 12.1 Å². The van der Waals surface area contributed by atoms with Crippen LogP contribution in [0.25, 0.3) is 11.3 Å². The molecule has 2 aromatic rings. The van der Waals surface area contributed by atoms with Gasteiger partial charge in [0.1, 0.15) is 5.82 Å². The van der Waals surface area contributed by atoms with Gasteiger partial charge >= 0.3 is 0 Å². The Hall–Kier alpha value is -1.72. The lowest BCUT2D eigenvalue weighted by Gasteiger charge is -2.10. The number of nitrogens with zero attached hydrogens (tertiary/aromatic N) is 1. The number of aromatic amines is 1. The Balaban J connectivity index is 1.62. The van der Waals surface area contributed by atoms with Crippen LogP contribution in [0.4, 0.5) is 4.39 Å². The first kappa shape index (κ1) is 13.3. The molecule has 0 spiro atoms. The third-order valence-corrected chi connectivity index (χ3v) is 3.56. The highest BCUT2D eigenvalue weighted by atomic mass is 19.1. The molecule has 1 fully saturated rings. The molecule has 1 atom stereocenters. The van der Waals surface area contributed by atoms with Crippen molar-refractivity contribution in [1.82, 2.24) is 15.5 Å². The molecule has 0 bridgehead atoms. The molecule has 0 aliphatic carbocycles. The fourth-order valence-electron chi connectivity index (χ4n) is 2.48. The van der Waals surface area contributed by atoms with Gasteiger partial charge in [0, 0.05) is 30.8 Å². The second-order valence-corrected chi connectivity index (χ2v) is 5.04. The number of nitrogens with one attached hydrogen (secondary N) is 2. The Morgan fingerprint density at radius 2 is 2.20 bits per heavy atom. The SMILES string of the molecule is Fc1ccc(-c2[nH]ncc2CNCC2CCCO2)cc1. The van der Waals surface area contributed by atoms with Crippen molar-refractivity contribution in [1.29, 1.82) is 0 Å². The molecule has 1 saturated heterocycles. The molecule has 4 nitrogen and oxygen atoms in total. The number of H-pyrrole nitrogens is 1. The fourth-order valence-corrected chi connectivity index (χ4v) is 2.48. The van der Waals surface area contributed by atoms with Crippen molar-refractivity contribution in [3.8, 4) is 11.3 Å². The van der Waals surface area contributed by atoms with Crippen LogP contribution in [-0.2, 0) is 11.3 Å². The lowest BCUT2D eigenvalue weighted by Crippen LogP contribution is -2.25. The molecular formula is C15H18FN3O. The molecular weight excluding hydrogens is 257 g/mol. The van der Waals surface area contributed by atoms with Gasteiger partial charge in [-0.1, -0.05) is 0 Å². The van der Waals surface area contributed by atoms with Crippen LogP contribution in [-0.4, -0.2) is 29.5 Å². The summed E-state index contributed by atoms with van der Waals surface area (Å²) >= 11 is 0. The van der Waals surface area contributed by atoms with Gasteiger partial charge in [0.25, 0.3) is 0 Å². The third-order valence-electron chi connectivity index (χ3n) is 3.56. The number of benzene rings is 1. The normalized spacial score (nSPS) is 18.6. The minimum absolute atomic E-state index is 0.230. The van der Waals surface area contributed by atoms with E-state index in [0.717, 1.165) is 49.4 Å². The van der Waals surface area contributed by atoms with Crippen LogP contribution in [0, 0.1) is 5.82 Å². The average Bonchev–Trinajstić information content (AvgIpc) is 3.11.